The molecule has 8 heteroatoms. The fraction of sp³-hybridized carbons (Fsp3) is 0.381. The molecule has 0 saturated carbocycles. The summed E-state index contributed by atoms with van der Waals surface area (Å²) in [6.45, 7) is 1.39. The lowest BCUT2D eigenvalue weighted by molar-refractivity contribution is -0.116. The summed E-state index contributed by atoms with van der Waals surface area (Å²) in [6, 6.07) is 7.10. The van der Waals surface area contributed by atoms with Crippen molar-refractivity contribution in [3.63, 3.8) is 0 Å². The zero-order valence-electron chi connectivity index (χ0n) is 16.8. The quantitative estimate of drug-likeness (QED) is 0.712. The predicted octanol–water partition coefficient (Wildman–Crippen LogP) is 3.49. The van der Waals surface area contributed by atoms with Gasteiger partial charge >= 0.3 is 0 Å². The van der Waals surface area contributed by atoms with Crippen molar-refractivity contribution >= 4 is 24.0 Å². The third-order valence-corrected chi connectivity index (χ3v) is 4.85. The smallest absolute Gasteiger partial charge is 0.224 e. The SMILES string of the molecule is COc1cc(CCC(=O)Nc2ccc3c(c2F)CCNC3)cc(OC)c1OC.Cl. The molecule has 0 spiro atoms. The number of ether oxygens (including phenoxy) is 3. The average molecular weight is 425 g/mol. The molecule has 0 aliphatic carbocycles. The molecule has 1 amide bonds. The number of halogens is 2. The number of carbonyl (C=O) groups is 1. The van der Waals surface area contributed by atoms with E-state index in [9.17, 15) is 9.18 Å². The molecule has 0 bridgehead atoms. The number of benzene rings is 2. The van der Waals surface area contributed by atoms with E-state index in [4.69, 9.17) is 14.2 Å². The molecule has 0 radical (unpaired) electrons. The van der Waals surface area contributed by atoms with Crippen LogP contribution in [0.25, 0.3) is 0 Å². The van der Waals surface area contributed by atoms with E-state index in [0.29, 0.717) is 42.2 Å². The van der Waals surface area contributed by atoms with Gasteiger partial charge in [-0.3, -0.25) is 4.79 Å². The van der Waals surface area contributed by atoms with Crippen molar-refractivity contribution < 1.29 is 23.4 Å². The maximum Gasteiger partial charge on any atom is 0.224 e. The predicted molar refractivity (Wildman–Crippen MR) is 112 cm³/mol. The van der Waals surface area contributed by atoms with Gasteiger partial charge in [0.15, 0.2) is 11.5 Å². The van der Waals surface area contributed by atoms with Crippen molar-refractivity contribution in [2.75, 3.05) is 33.2 Å². The second kappa shape index (κ2) is 10.3. The minimum atomic E-state index is -0.333. The van der Waals surface area contributed by atoms with Gasteiger partial charge in [0, 0.05) is 13.0 Å². The molecule has 1 aliphatic rings. The molecule has 0 aromatic heterocycles. The average Bonchev–Trinajstić information content (AvgIpc) is 2.73. The summed E-state index contributed by atoms with van der Waals surface area (Å²) in [6.07, 6.45) is 1.28. The van der Waals surface area contributed by atoms with E-state index in [2.05, 4.69) is 10.6 Å². The van der Waals surface area contributed by atoms with Gasteiger partial charge in [-0.1, -0.05) is 6.07 Å². The van der Waals surface area contributed by atoms with Crippen LogP contribution in [0.3, 0.4) is 0 Å². The zero-order chi connectivity index (χ0) is 20.1. The van der Waals surface area contributed by atoms with E-state index in [1.807, 2.05) is 6.07 Å². The highest BCUT2D eigenvalue weighted by atomic mass is 35.5. The van der Waals surface area contributed by atoms with E-state index in [1.54, 1.807) is 32.4 Å². The second-order valence-electron chi connectivity index (χ2n) is 6.57. The minimum absolute atomic E-state index is 0. The number of anilines is 1. The van der Waals surface area contributed by atoms with Gasteiger partial charge in [-0.2, -0.15) is 0 Å². The highest BCUT2D eigenvalue weighted by Gasteiger charge is 2.18. The molecule has 0 saturated heterocycles. The molecule has 6 nitrogen and oxygen atoms in total. The number of fused-ring (bicyclic) bond motifs is 1. The summed E-state index contributed by atoms with van der Waals surface area (Å²) in [4.78, 5) is 12.4. The number of carbonyl (C=O) groups excluding carboxylic acids is 1. The fourth-order valence-corrected chi connectivity index (χ4v) is 3.38. The van der Waals surface area contributed by atoms with Crippen LogP contribution >= 0.6 is 12.4 Å². The number of nitrogens with one attached hydrogen (secondary N) is 2. The summed E-state index contributed by atoms with van der Waals surface area (Å²) in [7, 11) is 4.63. The van der Waals surface area contributed by atoms with Crippen LogP contribution in [-0.4, -0.2) is 33.8 Å². The molecule has 1 heterocycles. The Morgan fingerprint density at radius 1 is 1.14 bits per heavy atom. The van der Waals surface area contributed by atoms with Crippen LogP contribution in [0.1, 0.15) is 23.1 Å². The molecular weight excluding hydrogens is 399 g/mol. The van der Waals surface area contributed by atoms with Crippen molar-refractivity contribution in [1.29, 1.82) is 0 Å². The number of methoxy groups -OCH3 is 3. The zero-order valence-corrected chi connectivity index (χ0v) is 17.6. The van der Waals surface area contributed by atoms with Crippen molar-refractivity contribution in [2.45, 2.75) is 25.8 Å². The maximum absolute atomic E-state index is 14.7. The lowest BCUT2D eigenvalue weighted by atomic mass is 9.99. The molecule has 29 heavy (non-hydrogen) atoms. The van der Waals surface area contributed by atoms with E-state index < -0.39 is 0 Å². The number of rotatable bonds is 7. The van der Waals surface area contributed by atoms with Gasteiger partial charge in [-0.05, 0) is 54.3 Å². The minimum Gasteiger partial charge on any atom is -0.493 e. The Morgan fingerprint density at radius 3 is 2.45 bits per heavy atom. The van der Waals surface area contributed by atoms with Gasteiger partial charge < -0.3 is 24.8 Å². The molecular formula is C21H26ClFN2O4. The molecule has 158 valence electrons. The van der Waals surface area contributed by atoms with Crippen LogP contribution in [0.5, 0.6) is 17.2 Å². The third-order valence-electron chi connectivity index (χ3n) is 4.85. The van der Waals surface area contributed by atoms with Gasteiger partial charge in [0.05, 0.1) is 27.0 Å². The number of hydrogen-bond donors (Lipinski definition) is 2. The summed E-state index contributed by atoms with van der Waals surface area (Å²) in [5.74, 6) is 0.990. The summed E-state index contributed by atoms with van der Waals surface area (Å²) in [5, 5.41) is 5.90. The number of aryl methyl sites for hydroxylation is 1. The Hall–Kier alpha value is -2.51. The number of hydrogen-bond acceptors (Lipinski definition) is 5. The maximum atomic E-state index is 14.7. The van der Waals surface area contributed by atoms with Crippen LogP contribution in [0.15, 0.2) is 24.3 Å². The first-order valence-electron chi connectivity index (χ1n) is 9.17. The molecule has 2 aromatic carbocycles. The van der Waals surface area contributed by atoms with Gasteiger partial charge in [-0.15, -0.1) is 12.4 Å². The van der Waals surface area contributed by atoms with Crippen LogP contribution < -0.4 is 24.8 Å². The van der Waals surface area contributed by atoms with Crippen LogP contribution in [0.4, 0.5) is 10.1 Å². The highest BCUT2D eigenvalue weighted by molar-refractivity contribution is 5.91. The normalized spacial score (nSPS) is 12.4. The Balaban J connectivity index is 0.00000300. The lowest BCUT2D eigenvalue weighted by Crippen LogP contribution is -2.25. The Kier molecular flexibility index (Phi) is 8.10. The molecule has 0 atom stereocenters. The standard InChI is InChI=1S/C21H25FN2O4.ClH/c1-26-17-10-13(11-18(27-2)21(17)28-3)4-7-19(25)24-16-6-5-14-12-23-9-8-15(14)20(16)22;/h5-6,10-11,23H,4,7-9,12H2,1-3H3,(H,24,25);1H. The molecule has 3 rings (SSSR count). The van der Waals surface area contributed by atoms with Gasteiger partial charge in [0.25, 0.3) is 0 Å². The fourth-order valence-electron chi connectivity index (χ4n) is 3.38. The second-order valence-corrected chi connectivity index (χ2v) is 6.57. The van der Waals surface area contributed by atoms with Gasteiger partial charge in [0.2, 0.25) is 11.7 Å². The first-order chi connectivity index (χ1) is 13.6. The molecule has 0 unspecified atom stereocenters. The van der Waals surface area contributed by atoms with E-state index in [-0.39, 0.29) is 36.2 Å². The molecule has 1 aliphatic heterocycles. The summed E-state index contributed by atoms with van der Waals surface area (Å²) in [5.41, 5.74) is 2.72. The summed E-state index contributed by atoms with van der Waals surface area (Å²) < 4.78 is 30.6. The van der Waals surface area contributed by atoms with Crippen LogP contribution in [0.2, 0.25) is 0 Å². The van der Waals surface area contributed by atoms with Gasteiger partial charge in [-0.25, -0.2) is 4.39 Å². The van der Waals surface area contributed by atoms with Gasteiger partial charge in [0.1, 0.15) is 5.82 Å². The Labute approximate surface area is 176 Å². The largest absolute Gasteiger partial charge is 0.493 e. The van der Waals surface area contributed by atoms with Crippen molar-refractivity contribution in [1.82, 2.24) is 5.32 Å². The van der Waals surface area contributed by atoms with Crippen molar-refractivity contribution in [3.8, 4) is 17.2 Å². The molecule has 2 aromatic rings. The highest BCUT2D eigenvalue weighted by Crippen LogP contribution is 2.38. The third kappa shape index (κ3) is 5.10. The molecule has 2 N–H and O–H groups in total. The topological polar surface area (TPSA) is 68.8 Å². The van der Waals surface area contributed by atoms with E-state index in [1.165, 1.54) is 7.11 Å². The van der Waals surface area contributed by atoms with Crippen LogP contribution in [0, 0.1) is 5.82 Å². The number of amides is 1. The first-order valence-corrected chi connectivity index (χ1v) is 9.17. The van der Waals surface area contributed by atoms with Crippen molar-refractivity contribution in [2.24, 2.45) is 0 Å². The first kappa shape index (κ1) is 22.8. The monoisotopic (exact) mass is 424 g/mol. The Bertz CT molecular complexity index is 851. The van der Waals surface area contributed by atoms with E-state index >= 15 is 0 Å². The Morgan fingerprint density at radius 2 is 1.83 bits per heavy atom. The van der Waals surface area contributed by atoms with E-state index in [0.717, 1.165) is 17.7 Å². The van der Waals surface area contributed by atoms with Crippen LogP contribution in [-0.2, 0) is 24.2 Å². The lowest BCUT2D eigenvalue weighted by Gasteiger charge is -2.19. The molecule has 0 fully saturated rings. The van der Waals surface area contributed by atoms with Crippen molar-refractivity contribution in [3.05, 3.63) is 46.8 Å². The summed E-state index contributed by atoms with van der Waals surface area (Å²) >= 11 is 0.